The van der Waals surface area contributed by atoms with Crippen LogP contribution in [0.25, 0.3) is 11.2 Å². The fourth-order valence-corrected chi connectivity index (χ4v) is 3.25. The van der Waals surface area contributed by atoms with Crippen molar-refractivity contribution in [3.8, 4) is 5.75 Å². The van der Waals surface area contributed by atoms with Crippen molar-refractivity contribution in [3.63, 3.8) is 0 Å². The van der Waals surface area contributed by atoms with Gasteiger partial charge in [0.25, 0.3) is 5.91 Å². The lowest BCUT2D eigenvalue weighted by atomic mass is 10.0. The zero-order valence-corrected chi connectivity index (χ0v) is 14.5. The molecule has 0 aliphatic carbocycles. The molecule has 0 radical (unpaired) electrons. The van der Waals surface area contributed by atoms with Gasteiger partial charge in [-0.05, 0) is 31.5 Å². The number of aromatic nitrogens is 3. The Morgan fingerprint density at radius 1 is 1.40 bits per heavy atom. The first-order valence-electron chi connectivity index (χ1n) is 8.37. The average Bonchev–Trinajstić information content (AvgIpc) is 3.21. The lowest BCUT2D eigenvalue weighted by Gasteiger charge is -2.29. The van der Waals surface area contributed by atoms with Crippen molar-refractivity contribution >= 4 is 17.1 Å². The molecule has 6 heteroatoms. The van der Waals surface area contributed by atoms with Crippen LogP contribution in [0.1, 0.15) is 28.7 Å². The van der Waals surface area contributed by atoms with Crippen LogP contribution < -0.4 is 4.74 Å². The maximum absolute atomic E-state index is 12.9. The predicted octanol–water partition coefficient (Wildman–Crippen LogP) is 2.73. The topological polar surface area (TPSA) is 71.1 Å². The monoisotopic (exact) mass is 336 g/mol. The molecule has 1 N–H and O–H groups in total. The molecule has 1 aliphatic rings. The van der Waals surface area contributed by atoms with Gasteiger partial charge in [0.05, 0.1) is 17.1 Å². The number of nitrogens with zero attached hydrogens (tertiary/aromatic N) is 3. The highest BCUT2D eigenvalue weighted by atomic mass is 16.5. The molecule has 0 fully saturated rings. The summed E-state index contributed by atoms with van der Waals surface area (Å²) >= 11 is 0. The molecule has 25 heavy (non-hydrogen) atoms. The van der Waals surface area contributed by atoms with Crippen LogP contribution in [-0.2, 0) is 6.42 Å². The number of benzene rings is 1. The van der Waals surface area contributed by atoms with Gasteiger partial charge >= 0.3 is 0 Å². The number of ether oxygens (including phenoxy) is 1. The summed E-state index contributed by atoms with van der Waals surface area (Å²) in [4.78, 5) is 26.2. The quantitative estimate of drug-likeness (QED) is 0.798. The first-order chi connectivity index (χ1) is 12.0. The zero-order chi connectivity index (χ0) is 17.6. The van der Waals surface area contributed by atoms with Gasteiger partial charge in [-0.1, -0.05) is 18.2 Å². The lowest BCUT2D eigenvalue weighted by molar-refractivity contribution is 0.0598. The molecule has 128 valence electrons. The second kappa shape index (κ2) is 5.88. The number of H-pyrrole nitrogens is 1. The van der Waals surface area contributed by atoms with Crippen molar-refractivity contribution in [2.75, 3.05) is 7.05 Å². The van der Waals surface area contributed by atoms with E-state index in [0.29, 0.717) is 11.2 Å². The Bertz CT molecular complexity index is 925. The molecule has 2 atom stereocenters. The van der Waals surface area contributed by atoms with Crippen LogP contribution >= 0.6 is 0 Å². The summed E-state index contributed by atoms with van der Waals surface area (Å²) < 4.78 is 6.02. The number of carbonyl (C=O) groups excluding carboxylic acids is 1. The van der Waals surface area contributed by atoms with Gasteiger partial charge in [-0.15, -0.1) is 0 Å². The SMILES string of the molecule is Cc1nc2ncc(C(=O)N(C)[C@@H](C)[C@H]3Cc4ccccc4O3)cc2[nH]1. The number of rotatable bonds is 3. The highest BCUT2D eigenvalue weighted by Crippen LogP contribution is 2.30. The third kappa shape index (κ3) is 2.73. The third-order valence-corrected chi connectivity index (χ3v) is 4.84. The van der Waals surface area contributed by atoms with Crippen LogP contribution in [0, 0.1) is 6.92 Å². The predicted molar refractivity (Wildman–Crippen MR) is 94.7 cm³/mol. The smallest absolute Gasteiger partial charge is 0.255 e. The molecule has 1 amide bonds. The van der Waals surface area contributed by atoms with E-state index in [1.807, 2.05) is 39.1 Å². The number of likely N-dealkylation sites (N-methyl/N-ethyl adjacent to an activating group) is 1. The number of aryl methyl sites for hydroxylation is 1. The molecule has 0 saturated heterocycles. The van der Waals surface area contributed by atoms with E-state index in [9.17, 15) is 4.79 Å². The molecular formula is C19H20N4O2. The standard InChI is InChI=1S/C19H20N4O2/c1-11(17-9-13-6-4-5-7-16(13)25-17)23(3)19(24)14-8-15-18(20-10-14)22-12(2)21-15/h4-8,10-11,17H,9H2,1-3H3,(H,20,21,22)/t11-,17+/m0/s1. The maximum Gasteiger partial charge on any atom is 0.255 e. The number of aromatic amines is 1. The normalized spacial score (nSPS) is 17.2. The van der Waals surface area contributed by atoms with Gasteiger partial charge < -0.3 is 14.6 Å². The van der Waals surface area contributed by atoms with Gasteiger partial charge in [0.15, 0.2) is 5.65 Å². The number of hydrogen-bond donors (Lipinski definition) is 1. The molecule has 2 aromatic heterocycles. The van der Waals surface area contributed by atoms with E-state index in [1.165, 1.54) is 5.56 Å². The number of hydrogen-bond acceptors (Lipinski definition) is 4. The molecular weight excluding hydrogens is 316 g/mol. The summed E-state index contributed by atoms with van der Waals surface area (Å²) in [5.41, 5.74) is 3.13. The maximum atomic E-state index is 12.9. The first-order valence-corrected chi connectivity index (χ1v) is 8.37. The Morgan fingerprint density at radius 3 is 3.00 bits per heavy atom. The van der Waals surface area contributed by atoms with Crippen LogP contribution in [0.3, 0.4) is 0 Å². The van der Waals surface area contributed by atoms with Crippen molar-refractivity contribution in [1.29, 1.82) is 0 Å². The number of pyridine rings is 1. The number of para-hydroxylation sites is 1. The van der Waals surface area contributed by atoms with E-state index < -0.39 is 0 Å². The molecule has 4 rings (SSSR count). The molecule has 0 spiro atoms. The highest BCUT2D eigenvalue weighted by molar-refractivity contribution is 5.96. The van der Waals surface area contributed by atoms with Gasteiger partial charge in [-0.2, -0.15) is 0 Å². The van der Waals surface area contributed by atoms with Crippen molar-refractivity contribution in [3.05, 3.63) is 53.5 Å². The van der Waals surface area contributed by atoms with Gasteiger partial charge in [0.2, 0.25) is 0 Å². The summed E-state index contributed by atoms with van der Waals surface area (Å²) in [5.74, 6) is 1.62. The van der Waals surface area contributed by atoms with Crippen LogP contribution in [-0.4, -0.2) is 45.0 Å². The Balaban J connectivity index is 1.53. The van der Waals surface area contributed by atoms with Crippen LogP contribution in [0.5, 0.6) is 5.75 Å². The third-order valence-electron chi connectivity index (χ3n) is 4.84. The number of imidazole rings is 1. The number of carbonyl (C=O) groups is 1. The summed E-state index contributed by atoms with van der Waals surface area (Å²) in [7, 11) is 1.81. The molecule has 0 bridgehead atoms. The first kappa shape index (κ1) is 15.6. The molecule has 6 nitrogen and oxygen atoms in total. The van der Waals surface area contributed by atoms with E-state index >= 15 is 0 Å². The second-order valence-corrected chi connectivity index (χ2v) is 6.54. The summed E-state index contributed by atoms with van der Waals surface area (Å²) in [5, 5.41) is 0. The highest BCUT2D eigenvalue weighted by Gasteiger charge is 2.32. The summed E-state index contributed by atoms with van der Waals surface area (Å²) in [6, 6.07) is 9.77. The van der Waals surface area contributed by atoms with Crippen molar-refractivity contribution in [2.45, 2.75) is 32.4 Å². The fourth-order valence-electron chi connectivity index (χ4n) is 3.25. The molecule has 0 unspecified atom stereocenters. The fraction of sp³-hybridized carbons (Fsp3) is 0.316. The lowest BCUT2D eigenvalue weighted by Crippen LogP contribution is -2.44. The van der Waals surface area contributed by atoms with Gasteiger partial charge in [0, 0.05) is 19.7 Å². The van der Waals surface area contributed by atoms with E-state index in [0.717, 1.165) is 23.5 Å². The Hall–Kier alpha value is -2.89. The minimum Gasteiger partial charge on any atom is -0.488 e. The Labute approximate surface area is 145 Å². The molecule has 1 aliphatic heterocycles. The molecule has 0 saturated carbocycles. The van der Waals surface area contributed by atoms with Gasteiger partial charge in [-0.3, -0.25) is 4.79 Å². The number of nitrogens with one attached hydrogen (secondary N) is 1. The molecule has 3 aromatic rings. The van der Waals surface area contributed by atoms with Gasteiger partial charge in [0.1, 0.15) is 17.7 Å². The second-order valence-electron chi connectivity index (χ2n) is 6.54. The largest absolute Gasteiger partial charge is 0.488 e. The Kier molecular flexibility index (Phi) is 3.67. The van der Waals surface area contributed by atoms with Crippen LogP contribution in [0.15, 0.2) is 36.5 Å². The molecule has 1 aromatic carbocycles. The minimum atomic E-state index is -0.0753. The number of fused-ring (bicyclic) bond motifs is 2. The van der Waals surface area contributed by atoms with E-state index in [-0.39, 0.29) is 18.1 Å². The van der Waals surface area contributed by atoms with E-state index in [1.54, 1.807) is 17.2 Å². The minimum absolute atomic E-state index is 0.0440. The van der Waals surface area contributed by atoms with Crippen molar-refractivity contribution in [2.24, 2.45) is 0 Å². The van der Waals surface area contributed by atoms with Crippen LogP contribution in [0.2, 0.25) is 0 Å². The Morgan fingerprint density at radius 2 is 2.20 bits per heavy atom. The van der Waals surface area contributed by atoms with Crippen LogP contribution in [0.4, 0.5) is 0 Å². The summed E-state index contributed by atoms with van der Waals surface area (Å²) in [6.07, 6.45) is 2.35. The summed E-state index contributed by atoms with van der Waals surface area (Å²) in [6.45, 7) is 3.88. The average molecular weight is 336 g/mol. The van der Waals surface area contributed by atoms with E-state index in [4.69, 9.17) is 4.74 Å². The van der Waals surface area contributed by atoms with Crippen molar-refractivity contribution < 1.29 is 9.53 Å². The van der Waals surface area contributed by atoms with Crippen molar-refractivity contribution in [1.82, 2.24) is 19.9 Å². The zero-order valence-electron chi connectivity index (χ0n) is 14.5. The van der Waals surface area contributed by atoms with Gasteiger partial charge in [-0.25, -0.2) is 9.97 Å². The number of amides is 1. The molecule has 3 heterocycles. The van der Waals surface area contributed by atoms with E-state index in [2.05, 4.69) is 21.0 Å².